The topological polar surface area (TPSA) is 57.4 Å². The normalized spacial score (nSPS) is 12.0. The van der Waals surface area contributed by atoms with Crippen molar-refractivity contribution < 1.29 is 9.47 Å². The van der Waals surface area contributed by atoms with Crippen LogP contribution in [-0.2, 0) is 0 Å². The molecular weight excluding hydrogens is 264 g/mol. The Kier molecular flexibility index (Phi) is 5.17. The molecule has 21 heavy (non-hydrogen) atoms. The molecule has 4 heteroatoms. The second kappa shape index (κ2) is 7.09. The van der Waals surface area contributed by atoms with Crippen LogP contribution in [0.3, 0.4) is 0 Å². The minimum Gasteiger partial charge on any atom is -0.496 e. The van der Waals surface area contributed by atoms with Crippen molar-refractivity contribution in [1.29, 1.82) is 0 Å². The zero-order chi connectivity index (χ0) is 15.2. The molecular formula is C17H22N2O2. The van der Waals surface area contributed by atoms with Crippen molar-refractivity contribution in [2.24, 2.45) is 5.73 Å². The number of hydrogen-bond acceptors (Lipinski definition) is 4. The van der Waals surface area contributed by atoms with Crippen LogP contribution in [0.15, 0.2) is 36.7 Å². The van der Waals surface area contributed by atoms with Gasteiger partial charge in [-0.2, -0.15) is 0 Å². The van der Waals surface area contributed by atoms with E-state index in [1.165, 1.54) is 0 Å². The van der Waals surface area contributed by atoms with E-state index >= 15 is 0 Å². The Balaban J connectivity index is 2.29. The number of nitrogens with two attached hydrogens (primary N) is 1. The average molecular weight is 286 g/mol. The molecule has 2 N–H and O–H groups in total. The lowest BCUT2D eigenvalue weighted by Crippen LogP contribution is -2.13. The van der Waals surface area contributed by atoms with E-state index in [1.807, 2.05) is 31.2 Å². The van der Waals surface area contributed by atoms with Crippen LogP contribution in [0.25, 0.3) is 0 Å². The third-order valence-electron chi connectivity index (χ3n) is 3.29. The van der Waals surface area contributed by atoms with Gasteiger partial charge in [0.2, 0.25) is 0 Å². The van der Waals surface area contributed by atoms with Crippen molar-refractivity contribution >= 4 is 0 Å². The van der Waals surface area contributed by atoms with Crippen LogP contribution in [0.1, 0.15) is 36.1 Å². The van der Waals surface area contributed by atoms with Crippen LogP contribution in [0.5, 0.6) is 11.5 Å². The molecule has 0 aliphatic heterocycles. The Hall–Kier alpha value is -2.07. The standard InChI is InChI=1S/C17H22N2O2/c1-4-7-21-14-9-13(10-19-11-14)17(18)15-6-5-12(2)8-16(15)20-3/h5-6,8-11,17H,4,7,18H2,1-3H3. The van der Waals surface area contributed by atoms with E-state index in [-0.39, 0.29) is 6.04 Å². The van der Waals surface area contributed by atoms with Crippen LogP contribution in [-0.4, -0.2) is 18.7 Å². The van der Waals surface area contributed by atoms with Crippen molar-refractivity contribution in [3.8, 4) is 11.5 Å². The molecule has 0 radical (unpaired) electrons. The van der Waals surface area contributed by atoms with Gasteiger partial charge in [-0.1, -0.05) is 19.1 Å². The van der Waals surface area contributed by atoms with Crippen LogP contribution >= 0.6 is 0 Å². The number of nitrogens with zero attached hydrogens (tertiary/aromatic N) is 1. The molecule has 0 saturated heterocycles. The number of aryl methyl sites for hydroxylation is 1. The first-order valence-corrected chi connectivity index (χ1v) is 7.13. The average Bonchev–Trinajstić information content (AvgIpc) is 2.52. The van der Waals surface area contributed by atoms with Gasteiger partial charge < -0.3 is 15.2 Å². The summed E-state index contributed by atoms with van der Waals surface area (Å²) in [5.41, 5.74) is 9.35. The minimum absolute atomic E-state index is 0.293. The van der Waals surface area contributed by atoms with Crippen molar-refractivity contribution in [3.05, 3.63) is 53.3 Å². The van der Waals surface area contributed by atoms with Gasteiger partial charge in [-0.05, 0) is 36.6 Å². The molecule has 1 atom stereocenters. The number of rotatable bonds is 6. The Labute approximate surface area is 125 Å². The van der Waals surface area contributed by atoms with E-state index < -0.39 is 0 Å². The largest absolute Gasteiger partial charge is 0.496 e. The lowest BCUT2D eigenvalue weighted by molar-refractivity contribution is 0.315. The van der Waals surface area contributed by atoms with Crippen molar-refractivity contribution in [1.82, 2.24) is 4.98 Å². The Morgan fingerprint density at radius 2 is 2.05 bits per heavy atom. The molecule has 0 spiro atoms. The monoisotopic (exact) mass is 286 g/mol. The van der Waals surface area contributed by atoms with Gasteiger partial charge in [0, 0.05) is 11.8 Å². The van der Waals surface area contributed by atoms with Gasteiger partial charge >= 0.3 is 0 Å². The van der Waals surface area contributed by atoms with Crippen molar-refractivity contribution in [2.45, 2.75) is 26.3 Å². The zero-order valence-corrected chi connectivity index (χ0v) is 12.8. The second-order valence-electron chi connectivity index (χ2n) is 5.03. The lowest BCUT2D eigenvalue weighted by Gasteiger charge is -2.17. The van der Waals surface area contributed by atoms with Gasteiger partial charge in [-0.15, -0.1) is 0 Å². The Morgan fingerprint density at radius 1 is 1.24 bits per heavy atom. The van der Waals surface area contributed by atoms with Gasteiger partial charge in [0.25, 0.3) is 0 Å². The zero-order valence-electron chi connectivity index (χ0n) is 12.8. The first-order valence-electron chi connectivity index (χ1n) is 7.13. The summed E-state index contributed by atoms with van der Waals surface area (Å²) < 4.78 is 11.0. The van der Waals surface area contributed by atoms with E-state index in [9.17, 15) is 0 Å². The molecule has 0 saturated carbocycles. The van der Waals surface area contributed by atoms with Gasteiger partial charge in [-0.25, -0.2) is 0 Å². The maximum atomic E-state index is 6.36. The van der Waals surface area contributed by atoms with Gasteiger partial charge in [0.05, 0.1) is 26.0 Å². The van der Waals surface area contributed by atoms with E-state index in [0.717, 1.165) is 34.6 Å². The highest BCUT2D eigenvalue weighted by molar-refractivity contribution is 5.44. The highest BCUT2D eigenvalue weighted by atomic mass is 16.5. The molecule has 4 nitrogen and oxygen atoms in total. The van der Waals surface area contributed by atoms with E-state index in [1.54, 1.807) is 19.5 Å². The number of benzene rings is 1. The summed E-state index contributed by atoms with van der Waals surface area (Å²) in [7, 11) is 1.66. The minimum atomic E-state index is -0.293. The highest BCUT2D eigenvalue weighted by Crippen LogP contribution is 2.30. The Bertz CT molecular complexity index is 599. The van der Waals surface area contributed by atoms with E-state index in [2.05, 4.69) is 11.9 Å². The first kappa shape index (κ1) is 15.3. The number of aromatic nitrogens is 1. The van der Waals surface area contributed by atoms with Crippen molar-refractivity contribution in [2.75, 3.05) is 13.7 Å². The second-order valence-corrected chi connectivity index (χ2v) is 5.03. The molecule has 1 aromatic heterocycles. The number of ether oxygens (including phenoxy) is 2. The summed E-state index contributed by atoms with van der Waals surface area (Å²) in [6.07, 6.45) is 4.43. The van der Waals surface area contributed by atoms with Gasteiger partial charge in [0.1, 0.15) is 11.5 Å². The first-order chi connectivity index (χ1) is 10.2. The maximum Gasteiger partial charge on any atom is 0.137 e. The Morgan fingerprint density at radius 3 is 2.76 bits per heavy atom. The van der Waals surface area contributed by atoms with Crippen LogP contribution in [0, 0.1) is 6.92 Å². The summed E-state index contributed by atoms with van der Waals surface area (Å²) in [4.78, 5) is 4.21. The molecule has 1 aromatic carbocycles. The number of hydrogen-bond donors (Lipinski definition) is 1. The molecule has 1 unspecified atom stereocenters. The summed E-state index contributed by atoms with van der Waals surface area (Å²) in [6.45, 7) is 4.77. The van der Waals surface area contributed by atoms with Gasteiger partial charge in [0.15, 0.2) is 0 Å². The molecule has 0 aliphatic carbocycles. The summed E-state index contributed by atoms with van der Waals surface area (Å²) in [6, 6.07) is 7.66. The molecule has 2 rings (SSSR count). The predicted octanol–water partition coefficient (Wildman–Crippen LogP) is 3.24. The summed E-state index contributed by atoms with van der Waals surface area (Å²) in [5.74, 6) is 1.54. The van der Waals surface area contributed by atoms with E-state index in [4.69, 9.17) is 15.2 Å². The maximum absolute atomic E-state index is 6.36. The summed E-state index contributed by atoms with van der Waals surface area (Å²) in [5, 5.41) is 0. The quantitative estimate of drug-likeness (QED) is 0.885. The molecule has 1 heterocycles. The summed E-state index contributed by atoms with van der Waals surface area (Å²) >= 11 is 0. The SMILES string of the molecule is CCCOc1cncc(C(N)c2ccc(C)cc2OC)c1. The molecule has 0 bridgehead atoms. The fourth-order valence-corrected chi connectivity index (χ4v) is 2.16. The van der Waals surface area contributed by atoms with Crippen LogP contribution < -0.4 is 15.2 Å². The molecule has 0 amide bonds. The van der Waals surface area contributed by atoms with E-state index in [0.29, 0.717) is 6.61 Å². The number of methoxy groups -OCH3 is 1. The molecule has 0 fully saturated rings. The molecule has 0 aliphatic rings. The van der Waals surface area contributed by atoms with Gasteiger partial charge in [-0.3, -0.25) is 4.98 Å². The highest BCUT2D eigenvalue weighted by Gasteiger charge is 2.15. The third kappa shape index (κ3) is 3.73. The third-order valence-corrected chi connectivity index (χ3v) is 3.29. The smallest absolute Gasteiger partial charge is 0.137 e. The fourth-order valence-electron chi connectivity index (χ4n) is 2.16. The molecule has 112 valence electrons. The van der Waals surface area contributed by atoms with Crippen LogP contribution in [0.4, 0.5) is 0 Å². The molecule has 2 aromatic rings. The van der Waals surface area contributed by atoms with Crippen LogP contribution in [0.2, 0.25) is 0 Å². The number of pyridine rings is 1. The van der Waals surface area contributed by atoms with Crippen molar-refractivity contribution in [3.63, 3.8) is 0 Å². The lowest BCUT2D eigenvalue weighted by atomic mass is 9.99. The fraction of sp³-hybridized carbons (Fsp3) is 0.353. The predicted molar refractivity (Wildman–Crippen MR) is 83.8 cm³/mol.